The normalized spacial score (nSPS) is 45.4. The van der Waals surface area contributed by atoms with Crippen molar-refractivity contribution >= 4 is 11.9 Å². The van der Waals surface area contributed by atoms with Gasteiger partial charge in [-0.25, -0.2) is 0 Å². The van der Waals surface area contributed by atoms with Crippen molar-refractivity contribution in [3.63, 3.8) is 0 Å². The van der Waals surface area contributed by atoms with Gasteiger partial charge in [0.2, 0.25) is 0 Å². The number of hydrogen-bond donors (Lipinski definition) is 0. The van der Waals surface area contributed by atoms with Crippen LogP contribution in [0.15, 0.2) is 0 Å². The molecule has 0 saturated heterocycles. The fourth-order valence-electron chi connectivity index (χ4n) is 7.91. The summed E-state index contributed by atoms with van der Waals surface area (Å²) in [4.78, 5) is 24.3. The van der Waals surface area contributed by atoms with Gasteiger partial charge in [0.15, 0.2) is 11.2 Å². The molecule has 4 saturated carbocycles. The van der Waals surface area contributed by atoms with Crippen molar-refractivity contribution in [3.05, 3.63) is 0 Å². The molecule has 4 rings (SSSR count). The second-order valence-electron chi connectivity index (χ2n) is 10.6. The van der Waals surface area contributed by atoms with Crippen molar-refractivity contribution in [2.24, 2.45) is 35.0 Å². The minimum Gasteiger partial charge on any atom is -0.446 e. The van der Waals surface area contributed by atoms with Crippen LogP contribution in [0.5, 0.6) is 0 Å². The lowest BCUT2D eigenvalue weighted by Gasteiger charge is -2.54. The monoisotopic (exact) mass is 424 g/mol. The van der Waals surface area contributed by atoms with Crippen molar-refractivity contribution < 1.29 is 19.1 Å². The van der Waals surface area contributed by atoms with Crippen LogP contribution in [-0.4, -0.2) is 23.1 Å². The minimum atomic E-state index is -0.776. The highest BCUT2D eigenvalue weighted by Crippen LogP contribution is 2.67. The van der Waals surface area contributed by atoms with E-state index in [9.17, 15) is 9.59 Å². The van der Waals surface area contributed by atoms with Gasteiger partial charge in [0.25, 0.3) is 0 Å². The van der Waals surface area contributed by atoms with Crippen LogP contribution in [0.2, 0.25) is 0 Å². The Labute approximate surface area is 187 Å². The largest absolute Gasteiger partial charge is 0.446 e. The van der Waals surface area contributed by atoms with Crippen LogP contribution >= 0.6 is 0 Å². The Morgan fingerprint density at radius 2 is 1.58 bits per heavy atom. The Morgan fingerprint density at radius 3 is 2.23 bits per heavy atom. The van der Waals surface area contributed by atoms with E-state index in [0.717, 1.165) is 51.4 Å². The van der Waals surface area contributed by atoms with Gasteiger partial charge in [0.1, 0.15) is 0 Å². The molecule has 0 aromatic carbocycles. The summed E-state index contributed by atoms with van der Waals surface area (Å²) in [6, 6.07) is 0. The third-order valence-corrected chi connectivity index (χ3v) is 9.47. The number of esters is 2. The quantitative estimate of drug-likeness (QED) is 0.476. The van der Waals surface area contributed by atoms with Gasteiger partial charge in [-0.15, -0.1) is 12.8 Å². The molecule has 8 unspecified atom stereocenters. The van der Waals surface area contributed by atoms with Gasteiger partial charge in [-0.05, 0) is 68.1 Å². The van der Waals surface area contributed by atoms with Crippen LogP contribution < -0.4 is 0 Å². The smallest absolute Gasteiger partial charge is 0.307 e. The molecule has 4 fully saturated rings. The first-order valence-electron chi connectivity index (χ1n) is 12.2. The molecule has 4 heteroatoms. The van der Waals surface area contributed by atoms with E-state index in [1.54, 1.807) is 0 Å². The number of rotatable bonds is 4. The molecule has 0 radical (unpaired) electrons. The van der Waals surface area contributed by atoms with E-state index in [4.69, 9.17) is 22.3 Å². The zero-order chi connectivity index (χ0) is 22.4. The Hall–Kier alpha value is -1.94. The predicted octanol–water partition coefficient (Wildman–Crippen LogP) is 4.90. The second-order valence-corrected chi connectivity index (χ2v) is 10.6. The summed E-state index contributed by atoms with van der Waals surface area (Å²) in [5.74, 6) is 8.08. The molecule has 168 valence electrons. The van der Waals surface area contributed by atoms with E-state index >= 15 is 0 Å². The molecule has 0 aromatic rings. The molecule has 31 heavy (non-hydrogen) atoms. The second kappa shape index (κ2) is 7.88. The maximum Gasteiger partial charge on any atom is 0.307 e. The van der Waals surface area contributed by atoms with Crippen LogP contribution in [0.4, 0.5) is 0 Å². The van der Waals surface area contributed by atoms with Crippen LogP contribution in [0.25, 0.3) is 0 Å². The van der Waals surface area contributed by atoms with Gasteiger partial charge in [0, 0.05) is 31.1 Å². The third-order valence-electron chi connectivity index (χ3n) is 9.47. The van der Waals surface area contributed by atoms with E-state index in [1.165, 1.54) is 0 Å². The van der Waals surface area contributed by atoms with Crippen molar-refractivity contribution in [3.8, 4) is 24.7 Å². The number of ether oxygens (including phenoxy) is 2. The molecule has 0 amide bonds. The average molecular weight is 425 g/mol. The Kier molecular flexibility index (Phi) is 5.66. The van der Waals surface area contributed by atoms with Crippen LogP contribution in [0.1, 0.15) is 85.0 Å². The van der Waals surface area contributed by atoms with Crippen molar-refractivity contribution in [1.82, 2.24) is 0 Å². The van der Waals surface area contributed by atoms with Gasteiger partial charge in [0.05, 0.1) is 0 Å². The summed E-state index contributed by atoms with van der Waals surface area (Å²) in [6.45, 7) is 5.90. The molecular weight excluding hydrogens is 388 g/mol. The van der Waals surface area contributed by atoms with Crippen LogP contribution in [0.3, 0.4) is 0 Å². The molecule has 4 aliphatic carbocycles. The van der Waals surface area contributed by atoms with E-state index in [-0.39, 0.29) is 17.4 Å². The van der Waals surface area contributed by atoms with E-state index in [1.807, 2.05) is 13.8 Å². The Bertz CT molecular complexity index is 833. The first-order valence-corrected chi connectivity index (χ1v) is 12.2. The van der Waals surface area contributed by atoms with Gasteiger partial charge in [-0.1, -0.05) is 32.6 Å². The molecule has 0 aromatic heterocycles. The highest BCUT2D eigenvalue weighted by atomic mass is 16.6. The summed E-state index contributed by atoms with van der Waals surface area (Å²) in [5.41, 5.74) is -1.68. The maximum atomic E-state index is 12.2. The van der Waals surface area contributed by atoms with Gasteiger partial charge in [-0.2, -0.15) is 0 Å². The molecule has 8 atom stereocenters. The number of carbonyl (C=O) groups is 2. The Balaban J connectivity index is 1.57. The Morgan fingerprint density at radius 1 is 0.871 bits per heavy atom. The highest BCUT2D eigenvalue weighted by Gasteiger charge is 2.65. The summed E-state index contributed by atoms with van der Waals surface area (Å²) in [6.07, 6.45) is 20.4. The number of terminal acetylenes is 2. The topological polar surface area (TPSA) is 52.6 Å². The van der Waals surface area contributed by atoms with E-state index in [2.05, 4.69) is 18.8 Å². The van der Waals surface area contributed by atoms with Crippen LogP contribution in [-0.2, 0) is 19.1 Å². The van der Waals surface area contributed by atoms with Crippen molar-refractivity contribution in [2.45, 2.75) is 96.2 Å². The molecular formula is C27H36O4. The number of fused-ring (bicyclic) bond motifs is 5. The van der Waals surface area contributed by atoms with Crippen molar-refractivity contribution in [2.75, 3.05) is 0 Å². The first-order chi connectivity index (χ1) is 14.8. The lowest BCUT2D eigenvalue weighted by Crippen LogP contribution is -2.53. The zero-order valence-corrected chi connectivity index (χ0v) is 19.2. The van der Waals surface area contributed by atoms with Crippen molar-refractivity contribution in [1.29, 1.82) is 0 Å². The lowest BCUT2D eigenvalue weighted by atomic mass is 9.51. The van der Waals surface area contributed by atoms with Gasteiger partial charge < -0.3 is 9.47 Å². The molecule has 0 bridgehead atoms. The standard InChI is InChI=1S/C27H36O4/c1-6-23(28)30-26(8-3)16-18-10-11-20-19(21(18)17-26)12-14-25(5)22(20)13-15-27(25,9-4)31-24(29)7-2/h3-4,18-22H,6-7,10-17H2,1-2,5H3. The van der Waals surface area contributed by atoms with E-state index < -0.39 is 11.2 Å². The molecule has 4 aliphatic rings. The summed E-state index contributed by atoms with van der Waals surface area (Å²) < 4.78 is 11.8. The number of carbonyl (C=O) groups excluding carboxylic acids is 2. The highest BCUT2D eigenvalue weighted by molar-refractivity contribution is 5.70. The third kappa shape index (κ3) is 3.29. The molecule has 0 heterocycles. The average Bonchev–Trinajstić information content (AvgIpc) is 3.29. The fraction of sp³-hybridized carbons (Fsp3) is 0.778. The number of hydrogen-bond acceptors (Lipinski definition) is 4. The summed E-state index contributed by atoms with van der Waals surface area (Å²) in [7, 11) is 0. The molecule has 0 spiro atoms. The SMILES string of the molecule is C#CC1(OC(=O)CC)CC2CCC3C(CCC4(C)C3CCC4(C#C)OC(=O)CC)C2C1. The summed E-state index contributed by atoms with van der Waals surface area (Å²) in [5, 5.41) is 0. The fourth-order valence-corrected chi connectivity index (χ4v) is 7.91. The summed E-state index contributed by atoms with van der Waals surface area (Å²) >= 11 is 0. The molecule has 0 aliphatic heterocycles. The predicted molar refractivity (Wildman–Crippen MR) is 118 cm³/mol. The lowest BCUT2D eigenvalue weighted by molar-refractivity contribution is -0.171. The van der Waals surface area contributed by atoms with Crippen LogP contribution in [0, 0.1) is 59.7 Å². The minimum absolute atomic E-state index is 0.170. The molecule has 0 N–H and O–H groups in total. The maximum absolute atomic E-state index is 12.2. The van der Waals surface area contributed by atoms with E-state index in [0.29, 0.717) is 42.4 Å². The zero-order valence-electron chi connectivity index (χ0n) is 19.2. The molecule has 4 nitrogen and oxygen atoms in total. The van der Waals surface area contributed by atoms with Gasteiger partial charge >= 0.3 is 11.9 Å². The van der Waals surface area contributed by atoms with Gasteiger partial charge in [-0.3, -0.25) is 9.59 Å². The first kappa shape index (κ1) is 22.3.